The standard InChI is InChI=1S/C14H13ClFNO4/c15-6-1-2-8(7(16)5-6)17-13(18)11-9-3-4-10(21-9)12(11)14(19)20/h1-2,5,9-12H,3-4H2,(H,17,18)(H,19,20)/p-1/t9-,10+,11-,12-/m0/s1. The number of anilines is 1. The summed E-state index contributed by atoms with van der Waals surface area (Å²) < 4.78 is 19.2. The zero-order valence-electron chi connectivity index (χ0n) is 10.8. The van der Waals surface area contributed by atoms with Crippen LogP contribution in [0, 0.1) is 17.7 Å². The largest absolute Gasteiger partial charge is 0.550 e. The van der Waals surface area contributed by atoms with Crippen LogP contribution in [0.25, 0.3) is 0 Å². The summed E-state index contributed by atoms with van der Waals surface area (Å²) in [6.07, 6.45) is 0.275. The maximum atomic E-state index is 13.7. The fourth-order valence-electron chi connectivity index (χ4n) is 3.12. The van der Waals surface area contributed by atoms with Crippen molar-refractivity contribution in [1.82, 2.24) is 0 Å². The zero-order valence-corrected chi connectivity index (χ0v) is 11.6. The minimum absolute atomic E-state index is 0.0377. The molecule has 2 aliphatic heterocycles. The Kier molecular flexibility index (Phi) is 3.59. The number of carbonyl (C=O) groups is 2. The lowest BCUT2D eigenvalue weighted by atomic mass is 9.78. The van der Waals surface area contributed by atoms with E-state index in [4.69, 9.17) is 16.3 Å². The molecule has 1 aromatic carbocycles. The van der Waals surface area contributed by atoms with Crippen molar-refractivity contribution in [3.8, 4) is 0 Å². The highest BCUT2D eigenvalue weighted by Crippen LogP contribution is 2.43. The van der Waals surface area contributed by atoms with Crippen LogP contribution in [-0.2, 0) is 14.3 Å². The molecule has 2 saturated heterocycles. The summed E-state index contributed by atoms with van der Waals surface area (Å²) in [6, 6.07) is 3.84. The third-order valence-electron chi connectivity index (χ3n) is 4.04. The van der Waals surface area contributed by atoms with Gasteiger partial charge in [-0.1, -0.05) is 11.6 Å². The molecular weight excluding hydrogens is 301 g/mol. The quantitative estimate of drug-likeness (QED) is 0.901. The average Bonchev–Trinajstić information content (AvgIpc) is 3.02. The predicted octanol–water partition coefficient (Wildman–Crippen LogP) is 0.961. The van der Waals surface area contributed by atoms with Crippen LogP contribution in [0.3, 0.4) is 0 Å². The van der Waals surface area contributed by atoms with Gasteiger partial charge in [-0.05, 0) is 31.0 Å². The van der Waals surface area contributed by atoms with Crippen LogP contribution in [-0.4, -0.2) is 24.1 Å². The third kappa shape index (κ3) is 2.49. The van der Waals surface area contributed by atoms with E-state index < -0.39 is 41.7 Å². The first-order valence-corrected chi connectivity index (χ1v) is 6.97. The number of hydrogen-bond acceptors (Lipinski definition) is 4. The van der Waals surface area contributed by atoms with Crippen LogP contribution >= 0.6 is 11.6 Å². The lowest BCUT2D eigenvalue weighted by Gasteiger charge is -2.27. The van der Waals surface area contributed by atoms with Gasteiger partial charge in [0.1, 0.15) is 5.82 Å². The fraction of sp³-hybridized carbons (Fsp3) is 0.429. The van der Waals surface area contributed by atoms with E-state index in [0.29, 0.717) is 12.8 Å². The monoisotopic (exact) mass is 312 g/mol. The molecule has 0 aromatic heterocycles. The number of rotatable bonds is 3. The van der Waals surface area contributed by atoms with Gasteiger partial charge in [-0.25, -0.2) is 4.39 Å². The molecule has 112 valence electrons. The molecule has 2 aliphatic rings. The molecule has 3 rings (SSSR count). The number of benzene rings is 1. The van der Waals surface area contributed by atoms with Crippen LogP contribution in [0.5, 0.6) is 0 Å². The van der Waals surface area contributed by atoms with E-state index in [9.17, 15) is 19.1 Å². The number of amides is 1. The fourth-order valence-corrected chi connectivity index (χ4v) is 3.28. The zero-order chi connectivity index (χ0) is 15.1. The average molecular weight is 313 g/mol. The molecule has 0 spiro atoms. The van der Waals surface area contributed by atoms with Gasteiger partial charge in [0.15, 0.2) is 0 Å². The van der Waals surface area contributed by atoms with Crippen molar-refractivity contribution in [2.75, 3.05) is 5.32 Å². The van der Waals surface area contributed by atoms with Gasteiger partial charge in [-0.2, -0.15) is 0 Å². The normalized spacial score (nSPS) is 30.4. The molecule has 1 aromatic rings. The molecule has 1 amide bonds. The second-order valence-electron chi connectivity index (χ2n) is 5.27. The first kappa shape index (κ1) is 14.3. The molecule has 7 heteroatoms. The lowest BCUT2D eigenvalue weighted by Crippen LogP contribution is -2.46. The van der Waals surface area contributed by atoms with E-state index in [-0.39, 0.29) is 10.7 Å². The molecule has 0 radical (unpaired) electrons. The highest BCUT2D eigenvalue weighted by molar-refractivity contribution is 6.30. The maximum Gasteiger partial charge on any atom is 0.230 e. The number of carboxylic acids is 1. The summed E-state index contributed by atoms with van der Waals surface area (Å²) in [5.74, 6) is -4.40. The van der Waals surface area contributed by atoms with Gasteiger partial charge in [0.2, 0.25) is 5.91 Å². The summed E-state index contributed by atoms with van der Waals surface area (Å²) in [4.78, 5) is 23.5. The van der Waals surface area contributed by atoms with Gasteiger partial charge in [0.25, 0.3) is 0 Å². The molecular formula is C14H12ClFNO4-. The molecule has 5 nitrogen and oxygen atoms in total. The van der Waals surface area contributed by atoms with Crippen LogP contribution in [0.4, 0.5) is 10.1 Å². The van der Waals surface area contributed by atoms with E-state index in [1.165, 1.54) is 12.1 Å². The van der Waals surface area contributed by atoms with Crippen LogP contribution in [0.2, 0.25) is 5.02 Å². The van der Waals surface area contributed by atoms with Crippen molar-refractivity contribution >= 4 is 29.2 Å². The minimum Gasteiger partial charge on any atom is -0.550 e. The summed E-state index contributed by atoms with van der Waals surface area (Å²) in [5, 5.41) is 13.8. The number of halogens is 2. The second-order valence-corrected chi connectivity index (χ2v) is 5.71. The van der Waals surface area contributed by atoms with Crippen molar-refractivity contribution in [3.63, 3.8) is 0 Å². The Morgan fingerprint density at radius 1 is 1.29 bits per heavy atom. The molecule has 21 heavy (non-hydrogen) atoms. The number of ether oxygens (including phenoxy) is 1. The summed E-state index contributed by atoms with van der Waals surface area (Å²) >= 11 is 5.64. The number of aliphatic carboxylic acids is 1. The highest BCUT2D eigenvalue weighted by atomic mass is 35.5. The van der Waals surface area contributed by atoms with Crippen LogP contribution < -0.4 is 10.4 Å². The predicted molar refractivity (Wildman–Crippen MR) is 69.9 cm³/mol. The molecule has 0 saturated carbocycles. The number of fused-ring (bicyclic) bond motifs is 2. The van der Waals surface area contributed by atoms with Crippen molar-refractivity contribution in [2.24, 2.45) is 11.8 Å². The highest BCUT2D eigenvalue weighted by Gasteiger charge is 2.52. The molecule has 0 unspecified atom stereocenters. The van der Waals surface area contributed by atoms with E-state index in [0.717, 1.165) is 6.07 Å². The van der Waals surface area contributed by atoms with Gasteiger partial charge in [-0.3, -0.25) is 4.79 Å². The Labute approximate surface area is 125 Å². The van der Waals surface area contributed by atoms with Crippen LogP contribution in [0.15, 0.2) is 18.2 Å². The molecule has 2 heterocycles. The Morgan fingerprint density at radius 3 is 2.57 bits per heavy atom. The number of carboxylic acid groups (broad SMARTS) is 1. The van der Waals surface area contributed by atoms with Gasteiger partial charge >= 0.3 is 0 Å². The number of hydrogen-bond donors (Lipinski definition) is 1. The van der Waals surface area contributed by atoms with Gasteiger partial charge in [-0.15, -0.1) is 0 Å². The van der Waals surface area contributed by atoms with Crippen molar-refractivity contribution in [1.29, 1.82) is 0 Å². The summed E-state index contributed by atoms with van der Waals surface area (Å²) in [6.45, 7) is 0. The first-order valence-electron chi connectivity index (χ1n) is 6.59. The topological polar surface area (TPSA) is 78.5 Å². The Balaban J connectivity index is 1.80. The second kappa shape index (κ2) is 5.27. The van der Waals surface area contributed by atoms with Crippen LogP contribution in [0.1, 0.15) is 12.8 Å². The molecule has 4 atom stereocenters. The summed E-state index contributed by atoms with van der Waals surface area (Å²) in [7, 11) is 0. The van der Waals surface area contributed by atoms with Gasteiger partial charge < -0.3 is 20.0 Å². The maximum absolute atomic E-state index is 13.7. The Hall–Kier alpha value is -1.66. The third-order valence-corrected chi connectivity index (χ3v) is 4.27. The smallest absolute Gasteiger partial charge is 0.230 e. The van der Waals surface area contributed by atoms with Gasteiger partial charge in [0.05, 0.1) is 23.8 Å². The summed E-state index contributed by atoms with van der Waals surface area (Å²) in [5.41, 5.74) is -0.0377. The number of carbonyl (C=O) groups excluding carboxylic acids is 2. The van der Waals surface area contributed by atoms with Crippen molar-refractivity contribution in [3.05, 3.63) is 29.0 Å². The molecule has 2 fully saturated rings. The molecule has 1 N–H and O–H groups in total. The SMILES string of the molecule is O=C(Nc1ccc(Cl)cc1F)[C@@H]1[C@@H](C(=O)[O-])[C@H]2CC[C@@H]1O2. The number of nitrogens with one attached hydrogen (secondary N) is 1. The lowest BCUT2D eigenvalue weighted by molar-refractivity contribution is -0.313. The minimum atomic E-state index is -1.31. The van der Waals surface area contributed by atoms with E-state index in [1.54, 1.807) is 0 Å². The Morgan fingerprint density at radius 2 is 1.95 bits per heavy atom. The van der Waals surface area contributed by atoms with Gasteiger partial charge in [0, 0.05) is 16.9 Å². The first-order chi connectivity index (χ1) is 9.97. The van der Waals surface area contributed by atoms with E-state index in [1.807, 2.05) is 0 Å². The molecule has 0 aliphatic carbocycles. The Bertz CT molecular complexity index is 609. The van der Waals surface area contributed by atoms with E-state index >= 15 is 0 Å². The van der Waals surface area contributed by atoms with E-state index in [2.05, 4.69) is 5.32 Å². The van der Waals surface area contributed by atoms with Crippen molar-refractivity contribution < 1.29 is 23.8 Å². The molecule has 2 bridgehead atoms. The van der Waals surface area contributed by atoms with Crippen molar-refractivity contribution in [2.45, 2.75) is 25.0 Å².